The number of nitriles is 1. The SMILES string of the molecule is N#Cc1cccc(-n2c(CCN)nc3ccc(F)c(Cl)c3c2=O)c1. The van der Waals surface area contributed by atoms with Crippen LogP contribution in [-0.4, -0.2) is 16.1 Å². The molecule has 1 aromatic heterocycles. The van der Waals surface area contributed by atoms with E-state index in [9.17, 15) is 9.18 Å². The van der Waals surface area contributed by atoms with Crippen LogP contribution in [-0.2, 0) is 6.42 Å². The molecule has 0 unspecified atom stereocenters. The first-order valence-electron chi connectivity index (χ1n) is 7.17. The molecule has 7 heteroatoms. The molecular formula is C17H12ClFN4O. The van der Waals surface area contributed by atoms with E-state index in [0.717, 1.165) is 0 Å². The van der Waals surface area contributed by atoms with E-state index in [1.807, 2.05) is 6.07 Å². The molecule has 1 heterocycles. The zero-order valence-electron chi connectivity index (χ0n) is 12.5. The highest BCUT2D eigenvalue weighted by Gasteiger charge is 2.17. The largest absolute Gasteiger partial charge is 0.330 e. The number of nitrogens with two attached hydrogens (primary N) is 1. The van der Waals surface area contributed by atoms with Crippen molar-refractivity contribution in [2.24, 2.45) is 5.73 Å². The Bertz CT molecular complexity index is 1040. The van der Waals surface area contributed by atoms with Gasteiger partial charge in [0.25, 0.3) is 5.56 Å². The van der Waals surface area contributed by atoms with E-state index in [-0.39, 0.29) is 17.0 Å². The summed E-state index contributed by atoms with van der Waals surface area (Å²) in [4.78, 5) is 17.4. The van der Waals surface area contributed by atoms with Gasteiger partial charge < -0.3 is 5.73 Å². The van der Waals surface area contributed by atoms with Crippen LogP contribution in [0.25, 0.3) is 16.6 Å². The van der Waals surface area contributed by atoms with Crippen molar-refractivity contribution in [1.82, 2.24) is 9.55 Å². The Kier molecular flexibility index (Phi) is 4.30. The van der Waals surface area contributed by atoms with Gasteiger partial charge in [0.2, 0.25) is 0 Å². The predicted octanol–water partition coefficient (Wildman–Crippen LogP) is 2.55. The molecule has 5 nitrogen and oxygen atoms in total. The predicted molar refractivity (Wildman–Crippen MR) is 89.8 cm³/mol. The van der Waals surface area contributed by atoms with Crippen molar-refractivity contribution >= 4 is 22.5 Å². The molecule has 0 spiro atoms. The maximum absolute atomic E-state index is 13.8. The number of fused-ring (bicyclic) bond motifs is 1. The maximum Gasteiger partial charge on any atom is 0.267 e. The van der Waals surface area contributed by atoms with Crippen LogP contribution < -0.4 is 11.3 Å². The second-order valence-corrected chi connectivity index (χ2v) is 5.50. The van der Waals surface area contributed by atoms with Gasteiger partial charge in [-0.1, -0.05) is 17.7 Å². The molecule has 3 aromatic rings. The highest BCUT2D eigenvalue weighted by Crippen LogP contribution is 2.24. The average Bonchev–Trinajstić information content (AvgIpc) is 2.58. The van der Waals surface area contributed by atoms with Crippen LogP contribution in [0.4, 0.5) is 4.39 Å². The standard InChI is InChI=1S/C17H12ClFN4O/c18-16-12(19)4-5-13-15(16)17(24)23(14(22-13)6-7-20)11-3-1-2-10(8-11)9-21/h1-5,8H,6-7,20H2. The van der Waals surface area contributed by atoms with E-state index < -0.39 is 11.4 Å². The smallest absolute Gasteiger partial charge is 0.267 e. The highest BCUT2D eigenvalue weighted by molar-refractivity contribution is 6.35. The molecule has 0 aliphatic rings. The van der Waals surface area contributed by atoms with E-state index >= 15 is 0 Å². The van der Waals surface area contributed by atoms with Gasteiger partial charge in [-0.2, -0.15) is 5.26 Å². The van der Waals surface area contributed by atoms with Crippen LogP contribution >= 0.6 is 11.6 Å². The second kappa shape index (κ2) is 6.40. The summed E-state index contributed by atoms with van der Waals surface area (Å²) >= 11 is 5.97. The first-order valence-corrected chi connectivity index (χ1v) is 7.55. The third kappa shape index (κ3) is 2.64. The minimum absolute atomic E-state index is 0.000186. The van der Waals surface area contributed by atoms with E-state index in [1.54, 1.807) is 24.3 Å². The van der Waals surface area contributed by atoms with Crippen LogP contribution in [0.15, 0.2) is 41.2 Å². The minimum atomic E-state index is -0.688. The van der Waals surface area contributed by atoms with Crippen molar-refractivity contribution < 1.29 is 4.39 Å². The Labute approximate surface area is 141 Å². The van der Waals surface area contributed by atoms with Gasteiger partial charge >= 0.3 is 0 Å². The Balaban J connectivity index is 2.42. The fourth-order valence-corrected chi connectivity index (χ4v) is 2.77. The van der Waals surface area contributed by atoms with Crippen molar-refractivity contribution in [3.63, 3.8) is 0 Å². The van der Waals surface area contributed by atoms with Crippen molar-refractivity contribution in [2.45, 2.75) is 6.42 Å². The number of hydrogen-bond donors (Lipinski definition) is 1. The number of benzene rings is 2. The Morgan fingerprint density at radius 2 is 2.12 bits per heavy atom. The van der Waals surface area contributed by atoms with Crippen molar-refractivity contribution in [3.05, 3.63) is 69.0 Å². The molecule has 0 saturated heterocycles. The fraction of sp³-hybridized carbons (Fsp3) is 0.118. The van der Waals surface area contributed by atoms with Gasteiger partial charge in [0, 0.05) is 6.42 Å². The summed E-state index contributed by atoms with van der Waals surface area (Å²) in [6, 6.07) is 11.1. The number of halogens is 2. The van der Waals surface area contributed by atoms with Crippen LogP contribution in [0.3, 0.4) is 0 Å². The van der Waals surface area contributed by atoms with E-state index in [0.29, 0.717) is 29.0 Å². The molecule has 3 rings (SSSR count). The van der Waals surface area contributed by atoms with E-state index in [2.05, 4.69) is 4.98 Å². The van der Waals surface area contributed by atoms with E-state index in [4.69, 9.17) is 22.6 Å². The lowest BCUT2D eigenvalue weighted by atomic mass is 10.2. The molecule has 120 valence electrons. The summed E-state index contributed by atoms with van der Waals surface area (Å²) in [5.41, 5.74) is 6.28. The molecule has 24 heavy (non-hydrogen) atoms. The zero-order chi connectivity index (χ0) is 17.3. The van der Waals surface area contributed by atoms with Crippen LogP contribution in [0.5, 0.6) is 0 Å². The molecule has 0 fully saturated rings. The van der Waals surface area contributed by atoms with E-state index in [1.165, 1.54) is 16.7 Å². The quantitative estimate of drug-likeness (QED) is 0.792. The third-order valence-corrected chi connectivity index (χ3v) is 3.97. The normalized spacial score (nSPS) is 10.8. The molecule has 2 aromatic carbocycles. The second-order valence-electron chi connectivity index (χ2n) is 5.12. The molecular weight excluding hydrogens is 331 g/mol. The monoisotopic (exact) mass is 342 g/mol. The zero-order valence-corrected chi connectivity index (χ0v) is 13.2. The maximum atomic E-state index is 13.8. The third-order valence-electron chi connectivity index (χ3n) is 3.60. The van der Waals surface area contributed by atoms with Gasteiger partial charge in [-0.25, -0.2) is 9.37 Å². The van der Waals surface area contributed by atoms with Crippen molar-refractivity contribution in [1.29, 1.82) is 5.26 Å². The lowest BCUT2D eigenvalue weighted by molar-refractivity contribution is 0.629. The van der Waals surface area contributed by atoms with Crippen LogP contribution in [0.1, 0.15) is 11.4 Å². The number of rotatable bonds is 3. The Morgan fingerprint density at radius 1 is 1.33 bits per heavy atom. The molecule has 0 bridgehead atoms. The molecule has 0 aliphatic carbocycles. The first-order chi connectivity index (χ1) is 11.6. The topological polar surface area (TPSA) is 84.7 Å². The molecule has 0 amide bonds. The lowest BCUT2D eigenvalue weighted by Gasteiger charge is -2.14. The summed E-state index contributed by atoms with van der Waals surface area (Å²) < 4.78 is 15.1. The molecule has 0 atom stereocenters. The Morgan fingerprint density at radius 3 is 2.83 bits per heavy atom. The van der Waals surface area contributed by atoms with Gasteiger partial charge in [-0.15, -0.1) is 0 Å². The molecule has 0 saturated carbocycles. The van der Waals surface area contributed by atoms with Crippen LogP contribution in [0.2, 0.25) is 5.02 Å². The summed E-state index contributed by atoms with van der Waals surface area (Å²) in [5, 5.41) is 8.79. The molecule has 0 radical (unpaired) electrons. The summed E-state index contributed by atoms with van der Waals surface area (Å²) in [6.07, 6.45) is 0.344. The fourth-order valence-electron chi connectivity index (χ4n) is 2.53. The molecule has 2 N–H and O–H groups in total. The van der Waals surface area contributed by atoms with Gasteiger partial charge in [0.15, 0.2) is 0 Å². The first kappa shape index (κ1) is 16.1. The highest BCUT2D eigenvalue weighted by atomic mass is 35.5. The summed E-state index contributed by atoms with van der Waals surface area (Å²) in [6.45, 7) is 0.283. The van der Waals surface area contributed by atoms with Gasteiger partial charge in [-0.05, 0) is 36.9 Å². The van der Waals surface area contributed by atoms with Crippen LogP contribution in [0, 0.1) is 17.1 Å². The van der Waals surface area contributed by atoms with Gasteiger partial charge in [0.05, 0.1) is 33.2 Å². The minimum Gasteiger partial charge on any atom is -0.330 e. The number of hydrogen-bond acceptors (Lipinski definition) is 4. The molecule has 0 aliphatic heterocycles. The van der Waals surface area contributed by atoms with Crippen molar-refractivity contribution in [3.8, 4) is 11.8 Å². The van der Waals surface area contributed by atoms with Gasteiger partial charge in [0.1, 0.15) is 11.6 Å². The lowest BCUT2D eigenvalue weighted by Crippen LogP contribution is -2.26. The summed E-state index contributed by atoms with van der Waals surface area (Å²) in [5.74, 6) is -0.264. The van der Waals surface area contributed by atoms with Crippen molar-refractivity contribution in [2.75, 3.05) is 6.54 Å². The number of aromatic nitrogens is 2. The average molecular weight is 343 g/mol. The van der Waals surface area contributed by atoms with Gasteiger partial charge in [-0.3, -0.25) is 9.36 Å². The summed E-state index contributed by atoms with van der Waals surface area (Å²) in [7, 11) is 0. The number of nitrogens with zero attached hydrogens (tertiary/aromatic N) is 3. The Hall–Kier alpha value is -2.75.